The van der Waals surface area contributed by atoms with Crippen molar-refractivity contribution in [3.63, 3.8) is 0 Å². The largest absolute Gasteiger partial charge is 0.456 e. The molecule has 0 radical (unpaired) electrons. The van der Waals surface area contributed by atoms with Gasteiger partial charge in [-0.05, 0) is 88.3 Å². The van der Waals surface area contributed by atoms with Gasteiger partial charge in [0.2, 0.25) is 5.95 Å². The van der Waals surface area contributed by atoms with Crippen molar-refractivity contribution in [1.29, 1.82) is 0 Å². The minimum atomic E-state index is 0.633. The zero-order valence-corrected chi connectivity index (χ0v) is 31.7. The lowest BCUT2D eigenvalue weighted by molar-refractivity contribution is 0.486. The van der Waals surface area contributed by atoms with E-state index in [1.165, 1.54) is 43.7 Å². The predicted octanol–water partition coefficient (Wildman–Crippen LogP) is 14.1. The maximum absolute atomic E-state index is 6.32. The molecule has 0 unspecified atom stereocenters. The first-order chi connectivity index (χ1) is 29.2. The molecular weight excluding hydrogens is 721 g/mol. The van der Waals surface area contributed by atoms with Crippen molar-refractivity contribution in [3.05, 3.63) is 194 Å². The highest BCUT2D eigenvalue weighted by Gasteiger charge is 2.25. The van der Waals surface area contributed by atoms with Gasteiger partial charge in [-0.3, -0.25) is 4.57 Å². The second kappa shape index (κ2) is 12.2. The summed E-state index contributed by atoms with van der Waals surface area (Å²) in [6, 6.07) is 69.2. The molecule has 0 bridgehead atoms. The van der Waals surface area contributed by atoms with Crippen LogP contribution in [0.2, 0.25) is 0 Å². The van der Waals surface area contributed by atoms with Crippen LogP contribution in [0.15, 0.2) is 194 Å². The molecule has 0 N–H and O–H groups in total. The van der Waals surface area contributed by atoms with Crippen molar-refractivity contribution in [1.82, 2.24) is 19.1 Å². The Morgan fingerprint density at radius 1 is 0.390 bits per heavy atom. The van der Waals surface area contributed by atoms with E-state index in [4.69, 9.17) is 14.7 Å². The Hall–Kier alpha value is -8.02. The van der Waals surface area contributed by atoms with Crippen LogP contribution in [0.25, 0.3) is 110 Å². The van der Waals surface area contributed by atoms with Gasteiger partial charge < -0.3 is 9.30 Å². The van der Waals surface area contributed by atoms with Crippen molar-refractivity contribution in [2.75, 3.05) is 0 Å². The fourth-order valence-electron chi connectivity index (χ4n) is 9.42. The number of fused-ring (bicyclic) bond motifs is 10. The number of nitrogens with zero attached hydrogens (tertiary/aromatic N) is 4. The Morgan fingerprint density at radius 2 is 1.07 bits per heavy atom. The SMILES string of the molecule is c1ccc(-c2ccc(-n3c4ccc(-c5ccc6c7ccccc7n(-c7nc8c9c(cccc9n7)Oc7ccccc7-8)c6c5)cc4c4ccc5ccccc5c43)cc2)cc1. The monoisotopic (exact) mass is 752 g/mol. The normalized spacial score (nSPS) is 12.2. The molecule has 0 saturated carbocycles. The van der Waals surface area contributed by atoms with Crippen LogP contribution in [0.5, 0.6) is 11.5 Å². The summed E-state index contributed by atoms with van der Waals surface area (Å²) in [7, 11) is 0. The third kappa shape index (κ3) is 4.73. The van der Waals surface area contributed by atoms with Crippen LogP contribution in [-0.4, -0.2) is 19.1 Å². The van der Waals surface area contributed by atoms with Gasteiger partial charge >= 0.3 is 0 Å². The van der Waals surface area contributed by atoms with Crippen LogP contribution in [0.4, 0.5) is 0 Å². The van der Waals surface area contributed by atoms with Crippen molar-refractivity contribution >= 4 is 65.3 Å². The van der Waals surface area contributed by atoms with Crippen molar-refractivity contribution in [3.8, 4) is 56.6 Å². The third-order valence-corrected chi connectivity index (χ3v) is 12.1. The topological polar surface area (TPSA) is 44.9 Å². The van der Waals surface area contributed by atoms with Crippen LogP contribution in [0.3, 0.4) is 0 Å². The number of hydrogen-bond acceptors (Lipinski definition) is 3. The smallest absolute Gasteiger partial charge is 0.235 e. The van der Waals surface area contributed by atoms with Gasteiger partial charge in [0, 0.05) is 38.2 Å². The van der Waals surface area contributed by atoms with Crippen LogP contribution >= 0.6 is 0 Å². The average Bonchev–Trinajstić information content (AvgIpc) is 3.82. The van der Waals surface area contributed by atoms with Gasteiger partial charge in [0.1, 0.15) is 11.5 Å². The second-order valence-corrected chi connectivity index (χ2v) is 15.4. The number of benzene rings is 9. The number of rotatable bonds is 4. The molecule has 0 amide bonds. The lowest BCUT2D eigenvalue weighted by Gasteiger charge is -2.21. The van der Waals surface area contributed by atoms with Crippen LogP contribution in [-0.2, 0) is 0 Å². The molecule has 13 rings (SSSR count). The predicted molar refractivity (Wildman–Crippen MR) is 242 cm³/mol. The van der Waals surface area contributed by atoms with E-state index in [0.717, 1.165) is 72.3 Å². The highest BCUT2D eigenvalue weighted by molar-refractivity contribution is 6.19. The van der Waals surface area contributed by atoms with E-state index in [0.29, 0.717) is 5.95 Å². The molecule has 0 spiro atoms. The summed E-state index contributed by atoms with van der Waals surface area (Å²) in [4.78, 5) is 10.6. The van der Waals surface area contributed by atoms with Gasteiger partial charge in [0.15, 0.2) is 0 Å². The molecule has 5 nitrogen and oxygen atoms in total. The lowest BCUT2D eigenvalue weighted by Crippen LogP contribution is -2.06. The molecule has 3 aromatic heterocycles. The first-order valence-electron chi connectivity index (χ1n) is 20.0. The zero-order chi connectivity index (χ0) is 38.6. The van der Waals surface area contributed by atoms with Gasteiger partial charge in [-0.25, -0.2) is 9.97 Å². The van der Waals surface area contributed by atoms with E-state index in [9.17, 15) is 0 Å². The molecule has 0 fully saturated rings. The summed E-state index contributed by atoms with van der Waals surface area (Å²) in [5.74, 6) is 2.21. The summed E-state index contributed by atoms with van der Waals surface area (Å²) >= 11 is 0. The lowest BCUT2D eigenvalue weighted by atomic mass is 10.0. The Bertz CT molecular complexity index is 3690. The van der Waals surface area contributed by atoms with E-state index in [1.54, 1.807) is 0 Å². The number of hydrogen-bond donors (Lipinski definition) is 0. The molecule has 12 aromatic rings. The van der Waals surface area contributed by atoms with Gasteiger partial charge in [0.05, 0.1) is 38.7 Å². The number of aromatic nitrogens is 4. The average molecular weight is 753 g/mol. The molecule has 59 heavy (non-hydrogen) atoms. The van der Waals surface area contributed by atoms with Crippen LogP contribution < -0.4 is 4.74 Å². The minimum Gasteiger partial charge on any atom is -0.456 e. The van der Waals surface area contributed by atoms with Crippen molar-refractivity contribution in [2.24, 2.45) is 0 Å². The van der Waals surface area contributed by atoms with E-state index in [1.807, 2.05) is 30.3 Å². The molecule has 0 atom stereocenters. The van der Waals surface area contributed by atoms with Crippen LogP contribution in [0, 0.1) is 0 Å². The van der Waals surface area contributed by atoms with Crippen molar-refractivity contribution < 1.29 is 4.74 Å². The molecule has 0 saturated heterocycles. The second-order valence-electron chi connectivity index (χ2n) is 15.4. The zero-order valence-electron chi connectivity index (χ0n) is 31.7. The molecule has 0 aliphatic carbocycles. The van der Waals surface area contributed by atoms with Gasteiger partial charge in [-0.1, -0.05) is 133 Å². The van der Waals surface area contributed by atoms with Gasteiger partial charge in [-0.15, -0.1) is 0 Å². The van der Waals surface area contributed by atoms with E-state index >= 15 is 0 Å². The highest BCUT2D eigenvalue weighted by atomic mass is 16.5. The maximum atomic E-state index is 6.32. The first kappa shape index (κ1) is 32.1. The highest BCUT2D eigenvalue weighted by Crippen LogP contribution is 2.46. The molecule has 5 heteroatoms. The summed E-state index contributed by atoms with van der Waals surface area (Å²) in [5.41, 5.74) is 13.0. The molecule has 4 heterocycles. The maximum Gasteiger partial charge on any atom is 0.235 e. The summed E-state index contributed by atoms with van der Waals surface area (Å²) in [6.07, 6.45) is 0. The summed E-state index contributed by atoms with van der Waals surface area (Å²) in [6.45, 7) is 0. The fraction of sp³-hybridized carbons (Fsp3) is 0. The van der Waals surface area contributed by atoms with Crippen LogP contribution in [0.1, 0.15) is 0 Å². The standard InChI is InChI=1S/C54H32N4O/c1-2-11-33(12-3-1)34-21-26-38(27-22-34)57-47-30-25-36(31-44(47)42-29-23-35-13-4-5-14-39(35)53(42)57)37-24-28-41-40-15-6-8-18-46(40)58(48(41)32-37)54-55-45-17-10-20-50-51(45)52(56-54)43-16-7-9-19-49(43)59-50/h1-32H. The Labute approximate surface area is 338 Å². The van der Waals surface area contributed by atoms with Gasteiger partial charge in [-0.2, -0.15) is 0 Å². The molecular formula is C54H32N4O. The summed E-state index contributed by atoms with van der Waals surface area (Å²) in [5, 5.41) is 8.14. The van der Waals surface area contributed by atoms with Gasteiger partial charge in [0.25, 0.3) is 0 Å². The molecule has 9 aromatic carbocycles. The fourth-order valence-corrected chi connectivity index (χ4v) is 9.42. The Balaban J connectivity index is 1.02. The number of ether oxygens (including phenoxy) is 1. The third-order valence-electron chi connectivity index (χ3n) is 12.1. The quantitative estimate of drug-likeness (QED) is 0.180. The Kier molecular flexibility index (Phi) is 6.66. The van der Waals surface area contributed by atoms with E-state index in [-0.39, 0.29) is 0 Å². The molecule has 1 aliphatic rings. The van der Waals surface area contributed by atoms with E-state index < -0.39 is 0 Å². The number of para-hydroxylation sites is 2. The first-order valence-corrected chi connectivity index (χ1v) is 20.0. The van der Waals surface area contributed by atoms with Crippen molar-refractivity contribution in [2.45, 2.75) is 0 Å². The Morgan fingerprint density at radius 3 is 1.98 bits per heavy atom. The molecule has 274 valence electrons. The molecule has 1 aliphatic heterocycles. The summed E-state index contributed by atoms with van der Waals surface area (Å²) < 4.78 is 11.0. The minimum absolute atomic E-state index is 0.633. The van der Waals surface area contributed by atoms with E-state index in [2.05, 4.69) is 173 Å².